The Balaban J connectivity index is 1.98. The van der Waals surface area contributed by atoms with Gasteiger partial charge in [0.15, 0.2) is 0 Å². The second kappa shape index (κ2) is 7.37. The van der Waals surface area contributed by atoms with E-state index in [1.807, 2.05) is 6.92 Å². The summed E-state index contributed by atoms with van der Waals surface area (Å²) >= 11 is 11.8. The number of halogens is 2. The van der Waals surface area contributed by atoms with E-state index in [1.54, 1.807) is 18.2 Å². The zero-order chi connectivity index (χ0) is 16.2. The minimum atomic E-state index is -0.738. The molecule has 1 unspecified atom stereocenters. The van der Waals surface area contributed by atoms with E-state index in [0.29, 0.717) is 10.0 Å². The Bertz CT molecular complexity index is 613. The van der Waals surface area contributed by atoms with Crippen molar-refractivity contribution in [3.8, 4) is 11.8 Å². The maximum absolute atomic E-state index is 12.3. The van der Waals surface area contributed by atoms with Crippen LogP contribution in [0.25, 0.3) is 0 Å². The summed E-state index contributed by atoms with van der Waals surface area (Å²) in [7, 11) is 0. The summed E-state index contributed by atoms with van der Waals surface area (Å²) in [4.78, 5) is 12.3. The van der Waals surface area contributed by atoms with E-state index in [9.17, 15) is 4.79 Å². The highest BCUT2D eigenvalue weighted by atomic mass is 35.5. The summed E-state index contributed by atoms with van der Waals surface area (Å²) in [6, 6.07) is 4.93. The lowest BCUT2D eigenvalue weighted by molar-refractivity contribution is -0.127. The third kappa shape index (κ3) is 4.39. The molecular formula is C17H20Cl2N2O. The van der Waals surface area contributed by atoms with Crippen LogP contribution in [0.3, 0.4) is 0 Å². The molecule has 22 heavy (non-hydrogen) atoms. The molecule has 1 saturated carbocycles. The van der Waals surface area contributed by atoms with Crippen LogP contribution in [0.4, 0.5) is 0 Å². The van der Waals surface area contributed by atoms with E-state index >= 15 is 0 Å². The van der Waals surface area contributed by atoms with Gasteiger partial charge in [0.2, 0.25) is 5.91 Å². The molecule has 1 aromatic carbocycles. The molecule has 5 heteroatoms. The second-order valence-electron chi connectivity index (χ2n) is 5.81. The van der Waals surface area contributed by atoms with Crippen LogP contribution < -0.4 is 11.1 Å². The average Bonchev–Trinajstić information content (AvgIpc) is 2.49. The number of carbonyl (C=O) groups excluding carboxylic acids is 1. The summed E-state index contributed by atoms with van der Waals surface area (Å²) in [6.45, 7) is 1.84. The van der Waals surface area contributed by atoms with Crippen molar-refractivity contribution in [3.05, 3.63) is 33.8 Å². The zero-order valence-electron chi connectivity index (χ0n) is 12.6. The molecule has 0 heterocycles. The van der Waals surface area contributed by atoms with E-state index in [-0.39, 0.29) is 11.9 Å². The monoisotopic (exact) mass is 338 g/mol. The third-order valence-electron chi connectivity index (χ3n) is 3.90. The standard InChI is InChI=1S/C17H20Cl2N2O/c1-12(5-6-13-7-8-14(18)15(19)11-13)21-16(22)17(20)9-3-2-4-10-17/h7-8,11-12H,2-4,9-10,20H2,1H3,(H,21,22). The van der Waals surface area contributed by atoms with Crippen molar-refractivity contribution in [2.75, 3.05) is 0 Å². The maximum Gasteiger partial charge on any atom is 0.241 e. The summed E-state index contributed by atoms with van der Waals surface area (Å²) in [6.07, 6.45) is 4.65. The van der Waals surface area contributed by atoms with E-state index in [2.05, 4.69) is 17.2 Å². The minimum Gasteiger partial charge on any atom is -0.341 e. The fourth-order valence-electron chi connectivity index (χ4n) is 2.55. The van der Waals surface area contributed by atoms with Gasteiger partial charge in [-0.25, -0.2) is 0 Å². The van der Waals surface area contributed by atoms with Crippen LogP contribution in [0.2, 0.25) is 10.0 Å². The van der Waals surface area contributed by atoms with Crippen molar-refractivity contribution < 1.29 is 4.79 Å². The quantitative estimate of drug-likeness (QED) is 0.810. The van der Waals surface area contributed by atoms with Gasteiger partial charge in [0.25, 0.3) is 0 Å². The van der Waals surface area contributed by atoms with E-state index in [1.165, 1.54) is 0 Å². The van der Waals surface area contributed by atoms with Crippen LogP contribution in [-0.4, -0.2) is 17.5 Å². The van der Waals surface area contributed by atoms with Gasteiger partial charge in [-0.1, -0.05) is 54.3 Å². The number of hydrogen-bond donors (Lipinski definition) is 2. The highest BCUT2D eigenvalue weighted by Crippen LogP contribution is 2.26. The van der Waals surface area contributed by atoms with Crippen LogP contribution in [-0.2, 0) is 4.79 Å². The van der Waals surface area contributed by atoms with Crippen LogP contribution >= 0.6 is 23.2 Å². The van der Waals surface area contributed by atoms with Crippen molar-refractivity contribution in [2.45, 2.75) is 50.6 Å². The summed E-state index contributed by atoms with van der Waals surface area (Å²) in [5.41, 5.74) is 6.22. The number of nitrogens with one attached hydrogen (secondary N) is 1. The van der Waals surface area contributed by atoms with Gasteiger partial charge in [-0.15, -0.1) is 0 Å². The molecule has 0 radical (unpaired) electrons. The first kappa shape index (κ1) is 17.1. The van der Waals surface area contributed by atoms with Gasteiger partial charge in [-0.05, 0) is 38.0 Å². The first-order valence-electron chi connectivity index (χ1n) is 7.47. The molecule has 0 saturated heterocycles. The first-order chi connectivity index (χ1) is 10.4. The van der Waals surface area contributed by atoms with E-state index in [0.717, 1.165) is 37.7 Å². The molecule has 0 aromatic heterocycles. The lowest BCUT2D eigenvalue weighted by atomic mass is 9.82. The lowest BCUT2D eigenvalue weighted by Crippen LogP contribution is -2.56. The van der Waals surface area contributed by atoms with E-state index < -0.39 is 5.54 Å². The van der Waals surface area contributed by atoms with Crippen LogP contribution in [0.15, 0.2) is 18.2 Å². The lowest BCUT2D eigenvalue weighted by Gasteiger charge is -2.32. The molecule has 118 valence electrons. The normalized spacial score (nSPS) is 18.0. The van der Waals surface area contributed by atoms with Crippen molar-refractivity contribution in [1.82, 2.24) is 5.32 Å². The molecule has 1 atom stereocenters. The molecule has 1 aromatic rings. The Kier molecular flexibility index (Phi) is 5.74. The summed E-state index contributed by atoms with van der Waals surface area (Å²) < 4.78 is 0. The van der Waals surface area contributed by atoms with E-state index in [4.69, 9.17) is 28.9 Å². The fourth-order valence-corrected chi connectivity index (χ4v) is 2.85. The predicted molar refractivity (Wildman–Crippen MR) is 90.9 cm³/mol. The Morgan fingerprint density at radius 1 is 1.27 bits per heavy atom. The molecule has 1 aliphatic rings. The van der Waals surface area contributed by atoms with Crippen LogP contribution in [0.1, 0.15) is 44.6 Å². The number of hydrogen-bond acceptors (Lipinski definition) is 2. The van der Waals surface area contributed by atoms with Gasteiger partial charge in [0, 0.05) is 5.56 Å². The molecule has 1 aliphatic carbocycles. The third-order valence-corrected chi connectivity index (χ3v) is 4.64. The maximum atomic E-state index is 12.3. The molecule has 1 amide bonds. The molecule has 0 aliphatic heterocycles. The summed E-state index contributed by atoms with van der Waals surface area (Å²) in [5.74, 6) is 5.87. The number of benzene rings is 1. The highest BCUT2D eigenvalue weighted by Gasteiger charge is 2.35. The summed E-state index contributed by atoms with van der Waals surface area (Å²) in [5, 5.41) is 3.85. The molecule has 1 fully saturated rings. The molecule has 0 bridgehead atoms. The minimum absolute atomic E-state index is 0.108. The fraction of sp³-hybridized carbons (Fsp3) is 0.471. The number of rotatable bonds is 2. The number of amides is 1. The Hall–Kier alpha value is -1.21. The van der Waals surface area contributed by atoms with Gasteiger partial charge >= 0.3 is 0 Å². The first-order valence-corrected chi connectivity index (χ1v) is 8.23. The highest BCUT2D eigenvalue weighted by molar-refractivity contribution is 6.42. The zero-order valence-corrected chi connectivity index (χ0v) is 14.1. The largest absolute Gasteiger partial charge is 0.341 e. The van der Waals surface area contributed by atoms with Crippen molar-refractivity contribution in [2.24, 2.45) is 5.73 Å². The van der Waals surface area contributed by atoms with Gasteiger partial charge in [-0.2, -0.15) is 0 Å². The average molecular weight is 339 g/mol. The van der Waals surface area contributed by atoms with Gasteiger partial charge < -0.3 is 11.1 Å². The Labute approximate surface area is 141 Å². The number of nitrogens with two attached hydrogens (primary N) is 1. The SMILES string of the molecule is CC(C#Cc1ccc(Cl)c(Cl)c1)NC(=O)C1(N)CCCCC1. The number of carbonyl (C=O) groups is 1. The van der Waals surface area contributed by atoms with Crippen LogP contribution in [0.5, 0.6) is 0 Å². The molecule has 3 N–H and O–H groups in total. The Morgan fingerprint density at radius 3 is 2.59 bits per heavy atom. The van der Waals surface area contributed by atoms with Gasteiger partial charge in [-0.3, -0.25) is 4.79 Å². The van der Waals surface area contributed by atoms with Crippen LogP contribution in [0, 0.1) is 11.8 Å². The molecular weight excluding hydrogens is 319 g/mol. The molecule has 2 rings (SSSR count). The topological polar surface area (TPSA) is 55.1 Å². The second-order valence-corrected chi connectivity index (χ2v) is 6.62. The molecule has 3 nitrogen and oxygen atoms in total. The Morgan fingerprint density at radius 2 is 1.95 bits per heavy atom. The predicted octanol–water partition coefficient (Wildman–Crippen LogP) is 3.51. The smallest absolute Gasteiger partial charge is 0.241 e. The van der Waals surface area contributed by atoms with Crippen molar-refractivity contribution >= 4 is 29.1 Å². The van der Waals surface area contributed by atoms with Crippen molar-refractivity contribution in [3.63, 3.8) is 0 Å². The molecule has 0 spiro atoms. The van der Waals surface area contributed by atoms with Gasteiger partial charge in [0.05, 0.1) is 21.6 Å². The van der Waals surface area contributed by atoms with Gasteiger partial charge in [0.1, 0.15) is 0 Å². The van der Waals surface area contributed by atoms with Crippen molar-refractivity contribution in [1.29, 1.82) is 0 Å².